The number of aromatic nitrogens is 2. The maximum atomic E-state index is 11.8. The van der Waals surface area contributed by atoms with E-state index in [-0.39, 0.29) is 4.90 Å². The molecule has 0 amide bonds. The molecule has 0 bridgehead atoms. The van der Waals surface area contributed by atoms with E-state index in [4.69, 9.17) is 0 Å². The fourth-order valence-corrected chi connectivity index (χ4v) is 3.98. The molecule has 0 aliphatic heterocycles. The number of H-pyrrole nitrogens is 1. The molecule has 0 saturated heterocycles. The van der Waals surface area contributed by atoms with Gasteiger partial charge in [-0.1, -0.05) is 22.4 Å². The molecule has 0 aromatic carbocycles. The van der Waals surface area contributed by atoms with Gasteiger partial charge in [0.15, 0.2) is 0 Å². The zero-order chi connectivity index (χ0) is 12.3. The van der Waals surface area contributed by atoms with Gasteiger partial charge in [-0.25, -0.2) is 13.1 Å². The number of sulfonamides is 1. The van der Waals surface area contributed by atoms with Gasteiger partial charge in [-0.05, 0) is 25.2 Å². The third-order valence-electron chi connectivity index (χ3n) is 3.06. The molecular formula is C10H16BrN3O2S. The summed E-state index contributed by atoms with van der Waals surface area (Å²) >= 11 is 3.60. The van der Waals surface area contributed by atoms with Crippen LogP contribution in [0.25, 0.3) is 0 Å². The first kappa shape index (κ1) is 13.0. The Hall–Kier alpha value is -0.400. The minimum absolute atomic E-state index is 0.198. The van der Waals surface area contributed by atoms with Crippen LogP contribution in [0.1, 0.15) is 25.7 Å². The summed E-state index contributed by atoms with van der Waals surface area (Å²) in [5, 5.41) is 6.15. The quantitative estimate of drug-likeness (QED) is 0.828. The normalized spacial score (nSPS) is 25.9. The molecule has 1 aliphatic rings. The predicted molar refractivity (Wildman–Crippen MR) is 68.4 cm³/mol. The van der Waals surface area contributed by atoms with Gasteiger partial charge >= 0.3 is 0 Å². The van der Waals surface area contributed by atoms with Gasteiger partial charge in [0.05, 0.1) is 6.20 Å². The maximum absolute atomic E-state index is 11.8. The molecule has 5 nitrogen and oxygen atoms in total. The first-order valence-electron chi connectivity index (χ1n) is 5.70. The fourth-order valence-electron chi connectivity index (χ4n) is 2.11. The van der Waals surface area contributed by atoms with Gasteiger partial charge in [0.1, 0.15) is 4.90 Å². The van der Waals surface area contributed by atoms with Crippen molar-refractivity contribution in [3.8, 4) is 0 Å². The summed E-state index contributed by atoms with van der Waals surface area (Å²) in [5.74, 6) is 0.426. The number of nitrogens with zero attached hydrogens (tertiary/aromatic N) is 1. The summed E-state index contributed by atoms with van der Waals surface area (Å²) in [6, 6.07) is 0. The van der Waals surface area contributed by atoms with Crippen LogP contribution in [0.5, 0.6) is 0 Å². The van der Waals surface area contributed by atoms with Crippen LogP contribution in [-0.2, 0) is 10.0 Å². The Labute approximate surface area is 110 Å². The van der Waals surface area contributed by atoms with Crippen molar-refractivity contribution in [3.63, 3.8) is 0 Å². The van der Waals surface area contributed by atoms with Gasteiger partial charge in [0.2, 0.25) is 10.0 Å². The summed E-state index contributed by atoms with van der Waals surface area (Å²) in [5.41, 5.74) is 0. The minimum Gasteiger partial charge on any atom is -0.284 e. The highest BCUT2D eigenvalue weighted by Crippen LogP contribution is 2.28. The molecule has 7 heteroatoms. The first-order chi connectivity index (χ1) is 8.08. The monoisotopic (exact) mass is 321 g/mol. The van der Waals surface area contributed by atoms with Crippen LogP contribution in [-0.4, -0.2) is 30.0 Å². The van der Waals surface area contributed by atoms with Crippen LogP contribution in [0, 0.1) is 5.92 Å². The van der Waals surface area contributed by atoms with E-state index in [1.807, 2.05) is 0 Å². The van der Waals surface area contributed by atoms with Crippen LogP contribution >= 0.6 is 15.9 Å². The number of halogens is 1. The zero-order valence-electron chi connectivity index (χ0n) is 9.39. The second-order valence-electron chi connectivity index (χ2n) is 4.42. The van der Waals surface area contributed by atoms with E-state index in [1.54, 1.807) is 0 Å². The fraction of sp³-hybridized carbons (Fsp3) is 0.700. The first-order valence-corrected chi connectivity index (χ1v) is 8.10. The van der Waals surface area contributed by atoms with Gasteiger partial charge in [0, 0.05) is 17.6 Å². The average Bonchev–Trinajstić information content (AvgIpc) is 2.81. The Balaban J connectivity index is 1.89. The second-order valence-corrected chi connectivity index (χ2v) is 7.48. The lowest BCUT2D eigenvalue weighted by Crippen LogP contribution is -2.31. The molecule has 2 unspecified atom stereocenters. The molecule has 2 atom stereocenters. The van der Waals surface area contributed by atoms with E-state index in [0.717, 1.165) is 19.3 Å². The number of aromatic amines is 1. The molecule has 1 aliphatic carbocycles. The molecule has 2 rings (SSSR count). The van der Waals surface area contributed by atoms with E-state index >= 15 is 0 Å². The number of hydrogen-bond donors (Lipinski definition) is 2. The van der Waals surface area contributed by atoms with Crippen molar-refractivity contribution in [2.45, 2.75) is 35.4 Å². The number of rotatable bonds is 4. The van der Waals surface area contributed by atoms with Crippen LogP contribution in [0.15, 0.2) is 17.3 Å². The molecule has 1 heterocycles. The van der Waals surface area contributed by atoms with Crippen molar-refractivity contribution in [1.82, 2.24) is 14.9 Å². The smallest absolute Gasteiger partial charge is 0.243 e. The standard InChI is InChI=1S/C10H16BrN3O2S/c11-9-3-1-2-8(4-9)5-14-17(15,16)10-6-12-13-7-10/h6-9,14H,1-5H2,(H,12,13). The summed E-state index contributed by atoms with van der Waals surface area (Å²) in [7, 11) is -3.39. The third kappa shape index (κ3) is 3.53. The van der Waals surface area contributed by atoms with Gasteiger partial charge in [-0.2, -0.15) is 5.10 Å². The lowest BCUT2D eigenvalue weighted by Gasteiger charge is -2.25. The van der Waals surface area contributed by atoms with Crippen molar-refractivity contribution in [1.29, 1.82) is 0 Å². The van der Waals surface area contributed by atoms with Crippen molar-refractivity contribution in [2.24, 2.45) is 5.92 Å². The van der Waals surface area contributed by atoms with Crippen molar-refractivity contribution in [3.05, 3.63) is 12.4 Å². The number of hydrogen-bond acceptors (Lipinski definition) is 3. The molecule has 1 aromatic rings. The summed E-state index contributed by atoms with van der Waals surface area (Å²) in [6.07, 6.45) is 7.18. The van der Waals surface area contributed by atoms with Gasteiger partial charge in [-0.3, -0.25) is 5.10 Å². The molecule has 17 heavy (non-hydrogen) atoms. The topological polar surface area (TPSA) is 74.8 Å². The highest BCUT2D eigenvalue weighted by atomic mass is 79.9. The van der Waals surface area contributed by atoms with E-state index in [2.05, 4.69) is 30.8 Å². The van der Waals surface area contributed by atoms with E-state index in [0.29, 0.717) is 17.3 Å². The van der Waals surface area contributed by atoms with Gasteiger partial charge < -0.3 is 0 Å². The van der Waals surface area contributed by atoms with E-state index in [1.165, 1.54) is 18.8 Å². The largest absolute Gasteiger partial charge is 0.284 e. The maximum Gasteiger partial charge on any atom is 0.243 e. The Morgan fingerprint density at radius 3 is 3.00 bits per heavy atom. The lowest BCUT2D eigenvalue weighted by atomic mass is 9.89. The lowest BCUT2D eigenvalue weighted by molar-refractivity contribution is 0.368. The van der Waals surface area contributed by atoms with Crippen LogP contribution < -0.4 is 4.72 Å². The molecular weight excluding hydrogens is 306 g/mol. The number of nitrogens with one attached hydrogen (secondary N) is 2. The second kappa shape index (κ2) is 5.49. The van der Waals surface area contributed by atoms with Crippen LogP contribution in [0.3, 0.4) is 0 Å². The van der Waals surface area contributed by atoms with Crippen molar-refractivity contribution in [2.75, 3.05) is 6.54 Å². The highest BCUT2D eigenvalue weighted by Gasteiger charge is 2.22. The Morgan fingerprint density at radius 1 is 1.53 bits per heavy atom. The Bertz CT molecular complexity index is 446. The highest BCUT2D eigenvalue weighted by molar-refractivity contribution is 9.09. The summed E-state index contributed by atoms with van der Waals surface area (Å²) in [6.45, 7) is 0.510. The van der Waals surface area contributed by atoms with Crippen molar-refractivity contribution >= 4 is 26.0 Å². The third-order valence-corrected chi connectivity index (χ3v) is 5.29. The van der Waals surface area contributed by atoms with Gasteiger partial charge in [0.25, 0.3) is 0 Å². The number of alkyl halides is 1. The van der Waals surface area contributed by atoms with Crippen molar-refractivity contribution < 1.29 is 8.42 Å². The zero-order valence-corrected chi connectivity index (χ0v) is 11.8. The minimum atomic E-state index is -3.39. The predicted octanol–water partition coefficient (Wildman–Crippen LogP) is 1.64. The molecule has 0 radical (unpaired) electrons. The van der Waals surface area contributed by atoms with Crippen LogP contribution in [0.2, 0.25) is 0 Å². The average molecular weight is 322 g/mol. The van der Waals surface area contributed by atoms with E-state index in [9.17, 15) is 8.42 Å². The Kier molecular flexibility index (Phi) is 4.22. The summed E-state index contributed by atoms with van der Waals surface area (Å²) in [4.78, 5) is 0.725. The summed E-state index contributed by atoms with van der Waals surface area (Å²) < 4.78 is 26.3. The molecule has 1 aromatic heterocycles. The molecule has 2 N–H and O–H groups in total. The SMILES string of the molecule is O=S(=O)(NCC1CCCC(Br)C1)c1cn[nH]c1. The molecule has 1 fully saturated rings. The van der Waals surface area contributed by atoms with Gasteiger partial charge in [-0.15, -0.1) is 0 Å². The van der Waals surface area contributed by atoms with Crippen LogP contribution in [0.4, 0.5) is 0 Å². The molecule has 96 valence electrons. The molecule has 0 spiro atoms. The Morgan fingerprint density at radius 2 is 2.35 bits per heavy atom. The molecule has 1 saturated carbocycles. The van der Waals surface area contributed by atoms with E-state index < -0.39 is 10.0 Å².